The van der Waals surface area contributed by atoms with Crippen molar-refractivity contribution in [2.75, 3.05) is 7.05 Å². The van der Waals surface area contributed by atoms with E-state index >= 15 is 0 Å². The Bertz CT molecular complexity index is 433. The second-order valence-corrected chi connectivity index (χ2v) is 5.05. The van der Waals surface area contributed by atoms with Crippen molar-refractivity contribution >= 4 is 21.6 Å². The monoisotopic (exact) mass is 237 g/mol. The van der Waals surface area contributed by atoms with Crippen LogP contribution < -0.4 is 4.72 Å². The van der Waals surface area contributed by atoms with Gasteiger partial charge in [-0.2, -0.15) is 0 Å². The Balaban J connectivity index is 2.94. The molecule has 0 fully saturated rings. The molecule has 0 saturated carbocycles. The fourth-order valence-electron chi connectivity index (χ4n) is 0.921. The topological polar surface area (TPSA) is 46.2 Å². The van der Waals surface area contributed by atoms with Gasteiger partial charge in [0, 0.05) is 0 Å². The lowest BCUT2D eigenvalue weighted by molar-refractivity contribution is 0.587. The van der Waals surface area contributed by atoms with Crippen LogP contribution in [0.25, 0.3) is 0 Å². The summed E-state index contributed by atoms with van der Waals surface area (Å²) in [4.78, 5) is 0. The maximum absolute atomic E-state index is 12.7. The van der Waals surface area contributed by atoms with Crippen molar-refractivity contribution in [2.45, 2.75) is 5.75 Å². The van der Waals surface area contributed by atoms with E-state index in [-0.39, 0.29) is 10.8 Å². The summed E-state index contributed by atoms with van der Waals surface area (Å²) in [6.45, 7) is 0. The van der Waals surface area contributed by atoms with Crippen molar-refractivity contribution in [1.82, 2.24) is 4.72 Å². The molecule has 0 amide bonds. The molecule has 0 aliphatic rings. The molecule has 0 saturated heterocycles. The molecular weight excluding hydrogens is 229 g/mol. The van der Waals surface area contributed by atoms with Crippen LogP contribution in [0.3, 0.4) is 0 Å². The molecule has 0 spiro atoms. The zero-order valence-electron chi connectivity index (χ0n) is 7.42. The largest absolute Gasteiger partial charge is 0.218 e. The maximum Gasteiger partial charge on any atom is 0.215 e. The molecule has 0 radical (unpaired) electrons. The number of hydrogen-bond acceptors (Lipinski definition) is 2. The summed E-state index contributed by atoms with van der Waals surface area (Å²) >= 11 is 5.50. The summed E-state index contributed by atoms with van der Waals surface area (Å²) in [5.41, 5.74) is 0.450. The van der Waals surface area contributed by atoms with E-state index in [1.807, 2.05) is 0 Å². The Morgan fingerprint density at radius 1 is 1.50 bits per heavy atom. The number of benzene rings is 1. The minimum absolute atomic E-state index is 0.0752. The van der Waals surface area contributed by atoms with Crippen molar-refractivity contribution < 1.29 is 12.8 Å². The number of halogens is 2. The Hall–Kier alpha value is -0.650. The van der Waals surface area contributed by atoms with Crippen molar-refractivity contribution in [1.29, 1.82) is 0 Å². The van der Waals surface area contributed by atoms with Crippen LogP contribution in [0, 0.1) is 5.82 Å². The lowest BCUT2D eigenvalue weighted by atomic mass is 10.2. The Labute approximate surface area is 86.9 Å². The molecule has 0 atom stereocenters. The van der Waals surface area contributed by atoms with E-state index in [1.165, 1.54) is 19.2 Å². The molecule has 0 heterocycles. The zero-order chi connectivity index (χ0) is 10.8. The van der Waals surface area contributed by atoms with Crippen LogP contribution in [0.2, 0.25) is 5.02 Å². The molecule has 0 aliphatic heterocycles. The molecule has 1 aromatic carbocycles. The van der Waals surface area contributed by atoms with Crippen molar-refractivity contribution in [2.24, 2.45) is 0 Å². The molecular formula is C8H9ClFNO2S. The average molecular weight is 238 g/mol. The van der Waals surface area contributed by atoms with Gasteiger partial charge in [-0.1, -0.05) is 17.7 Å². The number of hydrogen-bond donors (Lipinski definition) is 1. The van der Waals surface area contributed by atoms with Gasteiger partial charge in [0.2, 0.25) is 10.0 Å². The highest BCUT2D eigenvalue weighted by atomic mass is 35.5. The fraction of sp³-hybridized carbons (Fsp3) is 0.250. The maximum atomic E-state index is 12.7. The third-order valence-electron chi connectivity index (χ3n) is 1.65. The predicted octanol–water partition coefficient (Wildman–Crippen LogP) is 1.53. The van der Waals surface area contributed by atoms with E-state index in [4.69, 9.17) is 11.6 Å². The molecule has 1 rings (SSSR count). The Morgan fingerprint density at radius 3 is 2.64 bits per heavy atom. The number of sulfonamides is 1. The van der Waals surface area contributed by atoms with Gasteiger partial charge in [-0.25, -0.2) is 17.5 Å². The van der Waals surface area contributed by atoms with Crippen LogP contribution in [0.4, 0.5) is 4.39 Å². The predicted molar refractivity (Wildman–Crippen MR) is 53.1 cm³/mol. The van der Waals surface area contributed by atoms with E-state index < -0.39 is 15.8 Å². The highest BCUT2D eigenvalue weighted by Crippen LogP contribution is 2.17. The van der Waals surface area contributed by atoms with E-state index in [0.717, 1.165) is 6.07 Å². The molecule has 6 heteroatoms. The minimum Gasteiger partial charge on any atom is -0.218 e. The smallest absolute Gasteiger partial charge is 0.215 e. The zero-order valence-corrected chi connectivity index (χ0v) is 8.99. The minimum atomic E-state index is -3.33. The number of rotatable bonds is 3. The molecule has 0 bridgehead atoms. The molecule has 0 unspecified atom stereocenters. The van der Waals surface area contributed by atoms with Gasteiger partial charge in [0.1, 0.15) is 5.82 Å². The normalized spacial score (nSPS) is 11.6. The fourth-order valence-corrected chi connectivity index (χ4v) is 1.89. The molecule has 0 aliphatic carbocycles. The number of nitrogens with one attached hydrogen (secondary N) is 1. The molecule has 0 aromatic heterocycles. The van der Waals surface area contributed by atoms with Crippen LogP contribution >= 0.6 is 11.6 Å². The lowest BCUT2D eigenvalue weighted by Gasteiger charge is -2.03. The molecule has 1 aromatic rings. The third kappa shape index (κ3) is 2.94. The van der Waals surface area contributed by atoms with E-state index in [0.29, 0.717) is 5.56 Å². The van der Waals surface area contributed by atoms with Crippen LogP contribution in [0.15, 0.2) is 18.2 Å². The van der Waals surface area contributed by atoms with E-state index in [1.54, 1.807) is 0 Å². The highest BCUT2D eigenvalue weighted by molar-refractivity contribution is 7.88. The van der Waals surface area contributed by atoms with E-state index in [9.17, 15) is 12.8 Å². The molecule has 3 nitrogen and oxygen atoms in total. The average Bonchev–Trinajstić information content (AvgIpc) is 2.11. The van der Waals surface area contributed by atoms with E-state index in [2.05, 4.69) is 4.72 Å². The second kappa shape index (κ2) is 4.25. The van der Waals surface area contributed by atoms with Gasteiger partial charge in [-0.3, -0.25) is 0 Å². The molecule has 78 valence electrons. The Morgan fingerprint density at radius 2 is 2.14 bits per heavy atom. The van der Waals surface area contributed by atoms with Gasteiger partial charge in [0.15, 0.2) is 0 Å². The van der Waals surface area contributed by atoms with Crippen LogP contribution in [0.1, 0.15) is 5.56 Å². The van der Waals surface area contributed by atoms with Gasteiger partial charge < -0.3 is 0 Å². The standard InChI is InChI=1S/C8H9ClFNO2S/c1-11-14(12,13)5-6-2-3-8(10)7(9)4-6/h2-4,11H,5H2,1H3. The Kier molecular flexibility index (Phi) is 3.47. The third-order valence-corrected chi connectivity index (χ3v) is 3.28. The van der Waals surface area contributed by atoms with Gasteiger partial charge in [0.25, 0.3) is 0 Å². The van der Waals surface area contributed by atoms with Crippen molar-refractivity contribution in [3.8, 4) is 0 Å². The first kappa shape index (κ1) is 11.4. The van der Waals surface area contributed by atoms with Crippen molar-refractivity contribution in [3.05, 3.63) is 34.6 Å². The summed E-state index contributed by atoms with van der Waals surface area (Å²) in [7, 11) is -2.01. The van der Waals surface area contributed by atoms with Crippen LogP contribution in [-0.4, -0.2) is 15.5 Å². The van der Waals surface area contributed by atoms with Gasteiger partial charge in [-0.15, -0.1) is 0 Å². The lowest BCUT2D eigenvalue weighted by Crippen LogP contribution is -2.20. The molecule has 14 heavy (non-hydrogen) atoms. The summed E-state index contributed by atoms with van der Waals surface area (Å²) in [5, 5.41) is -0.0752. The van der Waals surface area contributed by atoms with Gasteiger partial charge in [-0.05, 0) is 24.7 Å². The quantitative estimate of drug-likeness (QED) is 0.867. The van der Waals surface area contributed by atoms with Gasteiger partial charge >= 0.3 is 0 Å². The summed E-state index contributed by atoms with van der Waals surface area (Å²) in [6.07, 6.45) is 0. The van der Waals surface area contributed by atoms with Gasteiger partial charge in [0.05, 0.1) is 10.8 Å². The SMILES string of the molecule is CNS(=O)(=O)Cc1ccc(F)c(Cl)c1. The highest BCUT2D eigenvalue weighted by Gasteiger charge is 2.09. The summed E-state index contributed by atoms with van der Waals surface area (Å²) in [5.74, 6) is -0.763. The summed E-state index contributed by atoms with van der Waals surface area (Å²) < 4.78 is 37.1. The van der Waals surface area contributed by atoms with Crippen LogP contribution in [0.5, 0.6) is 0 Å². The first-order chi connectivity index (χ1) is 6.44. The first-order valence-corrected chi connectivity index (χ1v) is 5.83. The first-order valence-electron chi connectivity index (χ1n) is 3.80. The van der Waals surface area contributed by atoms with Crippen molar-refractivity contribution in [3.63, 3.8) is 0 Å². The summed E-state index contributed by atoms with van der Waals surface area (Å²) in [6, 6.07) is 3.82. The molecule has 1 N–H and O–H groups in total. The van der Waals surface area contributed by atoms with Crippen LogP contribution in [-0.2, 0) is 15.8 Å². The second-order valence-electron chi connectivity index (χ2n) is 2.71.